The number of nitrogens with one attached hydrogen (secondary N) is 1. The largest absolute Gasteiger partial charge is 0.391 e. The Morgan fingerprint density at radius 3 is 2.27 bits per heavy atom. The van der Waals surface area contributed by atoms with Gasteiger partial charge in [-0.1, -0.05) is 47.6 Å². The predicted molar refractivity (Wildman–Crippen MR) is 144 cm³/mol. The summed E-state index contributed by atoms with van der Waals surface area (Å²) in [4.78, 5) is 27.2. The average molecular weight is 559 g/mol. The van der Waals surface area contributed by atoms with Crippen LogP contribution in [-0.2, 0) is 27.2 Å². The summed E-state index contributed by atoms with van der Waals surface area (Å²) in [6, 6.07) is 0. The van der Waals surface area contributed by atoms with Gasteiger partial charge in [-0.25, -0.2) is 4.79 Å². The number of fused-ring (bicyclic) bond motifs is 1. The van der Waals surface area contributed by atoms with Gasteiger partial charge >= 0.3 is 21.8 Å². The van der Waals surface area contributed by atoms with Crippen LogP contribution in [0.4, 0.5) is 0 Å². The number of hydrogen-bond acceptors (Lipinski definition) is 8. The molecular weight excluding hydrogens is 515 g/mol. The Bertz CT molecular complexity index is 1130. The van der Waals surface area contributed by atoms with Gasteiger partial charge in [-0.15, -0.1) is 0 Å². The Morgan fingerprint density at radius 1 is 1.14 bits per heavy atom. The Kier molecular flexibility index (Phi) is 9.01. The average Bonchev–Trinajstić information content (AvgIpc) is 3.12. The van der Waals surface area contributed by atoms with E-state index >= 15 is 0 Å². The van der Waals surface area contributed by atoms with Crippen LogP contribution in [0.3, 0.4) is 0 Å². The highest BCUT2D eigenvalue weighted by Gasteiger charge is 2.64. The molecule has 0 aromatic carbocycles. The maximum atomic E-state index is 13.0. The number of H-pyrrole nitrogens is 1. The molecule has 2 aliphatic heterocycles. The third kappa shape index (κ3) is 5.98. The molecule has 0 unspecified atom stereocenters. The zero-order valence-corrected chi connectivity index (χ0v) is 25.4. The summed E-state index contributed by atoms with van der Waals surface area (Å²) >= 11 is 0. The van der Waals surface area contributed by atoms with E-state index in [1.165, 1.54) is 16.6 Å². The first kappa shape index (κ1) is 30.2. The fourth-order valence-electron chi connectivity index (χ4n) is 5.56. The molecule has 210 valence electrons. The van der Waals surface area contributed by atoms with E-state index in [0.717, 1.165) is 0 Å². The van der Waals surface area contributed by atoms with Crippen LogP contribution in [0.2, 0.25) is 10.1 Å². The zero-order chi connectivity index (χ0) is 27.8. The second-order valence-electron chi connectivity index (χ2n) is 11.7. The molecule has 37 heavy (non-hydrogen) atoms. The molecule has 1 aromatic rings. The van der Waals surface area contributed by atoms with E-state index in [2.05, 4.69) is 46.5 Å². The molecule has 1 N–H and O–H groups in total. The summed E-state index contributed by atoms with van der Waals surface area (Å²) in [6.45, 7) is 18.9. The van der Waals surface area contributed by atoms with E-state index in [-0.39, 0.29) is 35.3 Å². The summed E-state index contributed by atoms with van der Waals surface area (Å²) in [7, 11) is -6.23. The van der Waals surface area contributed by atoms with Crippen molar-refractivity contribution in [3.05, 3.63) is 44.5 Å². The number of ether oxygens (including phenoxy) is 1. The van der Waals surface area contributed by atoms with E-state index in [1.807, 2.05) is 0 Å². The molecule has 0 bridgehead atoms. The lowest BCUT2D eigenvalue weighted by molar-refractivity contribution is -0.0809. The molecule has 0 aliphatic carbocycles. The first-order valence-corrected chi connectivity index (χ1v) is 16.4. The summed E-state index contributed by atoms with van der Waals surface area (Å²) in [6.07, 6.45) is 2.18. The lowest BCUT2D eigenvalue weighted by Crippen LogP contribution is -2.64. The van der Waals surface area contributed by atoms with E-state index in [4.69, 9.17) is 22.6 Å². The summed E-state index contributed by atoms with van der Waals surface area (Å²) in [5.41, 5.74) is -0.595. The third-order valence-electron chi connectivity index (χ3n) is 6.93. The van der Waals surface area contributed by atoms with Crippen molar-refractivity contribution in [1.29, 1.82) is 0 Å². The predicted octanol–water partition coefficient (Wildman–Crippen LogP) is 4.99. The fourth-order valence-corrected chi connectivity index (χ4v) is 11.9. The van der Waals surface area contributed by atoms with E-state index < -0.39 is 39.7 Å². The first-order chi connectivity index (χ1) is 17.1. The molecule has 0 saturated carbocycles. The standard InChI is InChI=1S/C25H43N2O8PSi/c1-10-31-36(30,32-11-2)14-12-13-18-20-19(16-33-37(35-20,24(4,5)6)25(7,8)9)34-22(18)27-15-17(3)21(28)26-23(27)29/h12,14-15,18-20,22H,10-11,13,16H2,1-9H3,(H,26,28,29)/b14-12+/t18-,19-,20+,22-/m1/s1. The molecule has 12 heteroatoms. The Morgan fingerprint density at radius 2 is 1.73 bits per heavy atom. The van der Waals surface area contributed by atoms with Crippen LogP contribution < -0.4 is 11.2 Å². The smallest absolute Gasteiger partial charge is 0.353 e. The lowest BCUT2D eigenvalue weighted by Gasteiger charge is -2.54. The first-order valence-electron chi connectivity index (χ1n) is 12.9. The minimum absolute atomic E-state index is 0.236. The second kappa shape index (κ2) is 11.0. The van der Waals surface area contributed by atoms with Gasteiger partial charge in [0.05, 0.1) is 25.9 Å². The number of aromatic nitrogens is 2. The molecule has 4 atom stereocenters. The summed E-state index contributed by atoms with van der Waals surface area (Å²) in [5, 5.41) is -0.473. The number of nitrogens with zero attached hydrogens (tertiary/aromatic N) is 1. The molecule has 10 nitrogen and oxygen atoms in total. The molecular formula is C25H43N2O8PSi. The minimum atomic E-state index is -3.40. The summed E-state index contributed by atoms with van der Waals surface area (Å²) < 4.78 is 45.2. The van der Waals surface area contributed by atoms with Crippen molar-refractivity contribution in [1.82, 2.24) is 9.55 Å². The van der Waals surface area contributed by atoms with Gasteiger partial charge < -0.3 is 22.6 Å². The van der Waals surface area contributed by atoms with Crippen LogP contribution in [0.15, 0.2) is 27.7 Å². The Balaban J connectivity index is 2.05. The minimum Gasteiger partial charge on any atom is -0.391 e. The molecule has 2 saturated heterocycles. The van der Waals surface area contributed by atoms with Crippen LogP contribution in [-0.4, -0.2) is 50.1 Å². The van der Waals surface area contributed by atoms with E-state index in [9.17, 15) is 14.2 Å². The van der Waals surface area contributed by atoms with Crippen LogP contribution in [0.5, 0.6) is 0 Å². The van der Waals surface area contributed by atoms with Gasteiger partial charge in [0.25, 0.3) is 5.56 Å². The molecule has 2 fully saturated rings. The van der Waals surface area contributed by atoms with Crippen LogP contribution in [0.25, 0.3) is 0 Å². The monoisotopic (exact) mass is 558 g/mol. The molecule has 1 aromatic heterocycles. The van der Waals surface area contributed by atoms with Gasteiger partial charge in [-0.3, -0.25) is 18.9 Å². The van der Waals surface area contributed by atoms with Gasteiger partial charge in [0.15, 0.2) is 0 Å². The van der Waals surface area contributed by atoms with Gasteiger partial charge in [0, 0.05) is 33.6 Å². The van der Waals surface area contributed by atoms with Gasteiger partial charge in [0.1, 0.15) is 12.3 Å². The van der Waals surface area contributed by atoms with Crippen molar-refractivity contribution in [2.45, 2.75) is 97.2 Å². The molecule has 0 amide bonds. The van der Waals surface area contributed by atoms with E-state index in [0.29, 0.717) is 18.6 Å². The van der Waals surface area contributed by atoms with Crippen molar-refractivity contribution in [2.24, 2.45) is 5.92 Å². The maximum Gasteiger partial charge on any atom is 0.353 e. The van der Waals surface area contributed by atoms with Crippen LogP contribution in [0.1, 0.15) is 73.6 Å². The summed E-state index contributed by atoms with van der Waals surface area (Å²) in [5.74, 6) is 1.16. The molecule has 3 heterocycles. The molecule has 0 spiro atoms. The Hall–Kier alpha value is -1.33. The van der Waals surface area contributed by atoms with Gasteiger partial charge in [-0.05, 0) is 27.2 Å². The lowest BCUT2D eigenvalue weighted by atomic mass is 9.96. The number of rotatable bonds is 8. The highest BCUT2D eigenvalue weighted by molar-refractivity contribution is 7.57. The zero-order valence-electron chi connectivity index (χ0n) is 23.5. The highest BCUT2D eigenvalue weighted by Crippen LogP contribution is 2.57. The van der Waals surface area contributed by atoms with Crippen molar-refractivity contribution in [2.75, 3.05) is 19.8 Å². The van der Waals surface area contributed by atoms with Crippen LogP contribution >= 0.6 is 7.60 Å². The SMILES string of the molecule is CCOP(=O)(/C=C/C[C@@H]1[C@@H]2O[Si](C(C)(C)C)(C(C)(C)C)OC[C@H]2O[C@H]1n1cc(C)c(=O)[nH]c1=O)OCC. The Labute approximate surface area is 220 Å². The number of aryl methyl sites for hydroxylation is 1. The number of allylic oxidation sites excluding steroid dienone is 1. The van der Waals surface area contributed by atoms with Crippen LogP contribution in [0, 0.1) is 12.8 Å². The normalized spacial score (nSPS) is 26.5. The third-order valence-corrected chi connectivity index (χ3v) is 13.9. The fraction of sp³-hybridized carbons (Fsp3) is 0.760. The van der Waals surface area contributed by atoms with Crippen molar-refractivity contribution < 1.29 is 27.2 Å². The highest BCUT2D eigenvalue weighted by atomic mass is 31.2. The quantitative estimate of drug-likeness (QED) is 0.350. The van der Waals surface area contributed by atoms with Crippen molar-refractivity contribution in [3.8, 4) is 0 Å². The molecule has 2 aliphatic rings. The van der Waals surface area contributed by atoms with Gasteiger partial charge in [-0.2, -0.15) is 0 Å². The number of hydrogen-bond donors (Lipinski definition) is 1. The second-order valence-corrected chi connectivity index (χ2v) is 18.4. The van der Waals surface area contributed by atoms with Crippen molar-refractivity contribution in [3.63, 3.8) is 0 Å². The topological polar surface area (TPSA) is 118 Å². The molecule has 0 radical (unpaired) electrons. The maximum absolute atomic E-state index is 13.0. The van der Waals surface area contributed by atoms with E-state index in [1.54, 1.807) is 26.8 Å². The van der Waals surface area contributed by atoms with Gasteiger partial charge in [0.2, 0.25) is 0 Å². The number of aromatic amines is 1. The molecule has 3 rings (SSSR count). The van der Waals surface area contributed by atoms with Crippen molar-refractivity contribution >= 4 is 16.2 Å².